The van der Waals surface area contributed by atoms with Gasteiger partial charge in [0.05, 0.1) is 26.4 Å². The number of ether oxygens (including phenoxy) is 3. The summed E-state index contributed by atoms with van der Waals surface area (Å²) in [6, 6.07) is 0. The van der Waals surface area contributed by atoms with Crippen LogP contribution in [0.25, 0.3) is 0 Å². The number of allylic oxidation sites excluding steroid dienone is 26. The maximum Gasteiger partial charge on any atom is 0.472 e. The minimum atomic E-state index is -4.95. The van der Waals surface area contributed by atoms with Crippen molar-refractivity contribution in [2.24, 2.45) is 0 Å². The van der Waals surface area contributed by atoms with E-state index in [9.17, 15) is 43.5 Å². The summed E-state index contributed by atoms with van der Waals surface area (Å²) in [5.41, 5.74) is 0. The van der Waals surface area contributed by atoms with Crippen LogP contribution in [0.5, 0.6) is 0 Å². The van der Waals surface area contributed by atoms with Gasteiger partial charge in [0, 0.05) is 19.3 Å². The quantitative estimate of drug-likeness (QED) is 0.0146. The molecule has 18 heteroatoms. The first-order valence-corrected chi connectivity index (χ1v) is 49.8. The molecule has 5 atom stereocenters. The van der Waals surface area contributed by atoms with E-state index < -0.39 is 91.5 Å². The van der Waals surface area contributed by atoms with Crippen LogP contribution in [-0.4, -0.2) is 95.9 Å². The van der Waals surface area contributed by atoms with Crippen LogP contribution in [0.4, 0.5) is 0 Å². The Labute approximate surface area is 714 Å². The van der Waals surface area contributed by atoms with Crippen molar-refractivity contribution < 1.29 is 75.8 Å². The number of unbranched alkanes of at least 4 members (excludes halogenated alkanes) is 39. The molecule has 16 nitrogen and oxygen atoms in total. The van der Waals surface area contributed by atoms with Gasteiger partial charge >= 0.3 is 33.6 Å². The number of aliphatic hydroxyl groups excluding tert-OH is 2. The highest BCUT2D eigenvalue weighted by Gasteiger charge is 2.29. The number of carbonyl (C=O) groups excluding carboxylic acids is 3. The minimum absolute atomic E-state index is 0.0619. The van der Waals surface area contributed by atoms with Gasteiger partial charge in [0.15, 0.2) is 6.10 Å². The first kappa shape index (κ1) is 112. The fraction of sp³-hybridized carbons (Fsp3) is 0.707. The number of esters is 3. The van der Waals surface area contributed by atoms with Gasteiger partial charge in [0.1, 0.15) is 25.4 Å². The van der Waals surface area contributed by atoms with E-state index in [4.69, 9.17) is 32.3 Å². The molecular weight excluding hydrogens is 1510 g/mol. The molecule has 0 saturated carbocycles. The monoisotopic (exact) mass is 1680 g/mol. The van der Waals surface area contributed by atoms with Crippen molar-refractivity contribution in [2.75, 3.05) is 39.6 Å². The van der Waals surface area contributed by atoms with Gasteiger partial charge in [-0.25, -0.2) is 9.13 Å². The molecule has 0 radical (unpaired) electrons. The molecule has 0 saturated heterocycles. The zero-order valence-electron chi connectivity index (χ0n) is 74.1. The van der Waals surface area contributed by atoms with Crippen LogP contribution in [0.15, 0.2) is 158 Å². The smallest absolute Gasteiger partial charge is 0.463 e. The third-order valence-corrected chi connectivity index (χ3v) is 21.6. The third kappa shape index (κ3) is 91.7. The Bertz CT molecular complexity index is 2760. The molecule has 0 spiro atoms. The van der Waals surface area contributed by atoms with Crippen LogP contribution in [0.3, 0.4) is 0 Å². The van der Waals surface area contributed by atoms with Gasteiger partial charge in [-0.15, -0.1) is 0 Å². The molecule has 0 rings (SSSR count). The standard InChI is InChI=1S/C99H170O16P2/c1-4-7-10-13-16-19-22-25-28-31-34-36-38-40-42-44-45-46-47-49-51-52-54-56-59-61-64-67-70-73-76-79-82-85-97(102)109-88-94(100)89-111-116(105,106)112-90-95(101)91-113-117(107,108)114-93-96(115-99(104)87-84-81-78-75-72-69-66-63-58-33-30-27-24-21-18-15-12-9-6-3)92-110-98(103)86-83-80-77-74-71-68-65-62-60-57-55-53-50-48-43-41-39-37-35-32-29-26-23-20-17-14-11-8-5-2/h9,12,16-21,25-30,34-37,40-43,58,63,69,72,94-96,100-101H,4-8,10-11,13-15,22-24,31-33,38-39,44-57,59-62,64-68,70-71,73-93H2,1-3H3,(H,105,106)(H,107,108)/b12-9-,19-16-,20-17-,21-18-,28-25-,29-26-,30-27-,36-34-,37-35-,42-40-,43-41-,63-58-,72-69-. The summed E-state index contributed by atoms with van der Waals surface area (Å²) in [4.78, 5) is 59.0. The number of hydrogen-bond acceptors (Lipinski definition) is 14. The molecule has 0 aliphatic carbocycles. The molecule has 672 valence electrons. The molecule has 117 heavy (non-hydrogen) atoms. The van der Waals surface area contributed by atoms with Crippen LogP contribution in [0.2, 0.25) is 0 Å². The normalized spacial score (nSPS) is 14.5. The Morgan fingerprint density at radius 1 is 0.248 bits per heavy atom. The predicted molar refractivity (Wildman–Crippen MR) is 491 cm³/mol. The van der Waals surface area contributed by atoms with Crippen molar-refractivity contribution in [3.63, 3.8) is 0 Å². The number of phosphoric acid groups is 2. The number of phosphoric ester groups is 2. The zero-order chi connectivity index (χ0) is 85.1. The van der Waals surface area contributed by atoms with Crippen LogP contribution in [-0.2, 0) is 55.8 Å². The Balaban J connectivity index is 4.54. The first-order valence-electron chi connectivity index (χ1n) is 46.8. The minimum Gasteiger partial charge on any atom is -0.463 e. The second-order valence-corrected chi connectivity index (χ2v) is 34.0. The fourth-order valence-corrected chi connectivity index (χ4v) is 14.2. The van der Waals surface area contributed by atoms with Crippen molar-refractivity contribution >= 4 is 33.6 Å². The van der Waals surface area contributed by atoms with Crippen molar-refractivity contribution in [1.82, 2.24) is 0 Å². The Kier molecular flexibility index (Phi) is 86.7. The highest BCUT2D eigenvalue weighted by atomic mass is 31.2. The number of carbonyl (C=O) groups is 3. The molecule has 0 fully saturated rings. The largest absolute Gasteiger partial charge is 0.472 e. The summed E-state index contributed by atoms with van der Waals surface area (Å²) >= 11 is 0. The number of aliphatic hydroxyl groups is 2. The highest BCUT2D eigenvalue weighted by Crippen LogP contribution is 2.45. The Hall–Kier alpha value is -4.83. The summed E-state index contributed by atoms with van der Waals surface area (Å²) in [5.74, 6) is -1.61. The molecule has 0 heterocycles. The van der Waals surface area contributed by atoms with Crippen molar-refractivity contribution in [3.05, 3.63) is 158 Å². The highest BCUT2D eigenvalue weighted by molar-refractivity contribution is 7.47. The van der Waals surface area contributed by atoms with E-state index in [1.165, 1.54) is 193 Å². The maximum absolute atomic E-state index is 13.0. The van der Waals surface area contributed by atoms with Crippen LogP contribution < -0.4 is 0 Å². The van der Waals surface area contributed by atoms with E-state index in [-0.39, 0.29) is 19.3 Å². The first-order chi connectivity index (χ1) is 57.2. The lowest BCUT2D eigenvalue weighted by molar-refractivity contribution is -0.161. The second kappa shape index (κ2) is 90.4. The van der Waals surface area contributed by atoms with Gasteiger partial charge in [0.2, 0.25) is 0 Å². The molecule has 0 aliphatic heterocycles. The van der Waals surface area contributed by atoms with Crippen molar-refractivity contribution in [3.8, 4) is 0 Å². The average Bonchev–Trinajstić information content (AvgIpc) is 0.898. The van der Waals surface area contributed by atoms with Crippen LogP contribution in [0, 0.1) is 0 Å². The number of hydrogen-bond donors (Lipinski definition) is 4. The fourth-order valence-electron chi connectivity index (χ4n) is 12.6. The van der Waals surface area contributed by atoms with E-state index in [1.54, 1.807) is 0 Å². The lowest BCUT2D eigenvalue weighted by atomic mass is 10.0. The average molecular weight is 1680 g/mol. The summed E-state index contributed by atoms with van der Waals surface area (Å²) in [5, 5.41) is 20.7. The van der Waals surface area contributed by atoms with Crippen LogP contribution in [0.1, 0.15) is 393 Å². The SMILES string of the molecule is CC/C=C\C/C=C\C/C=C\C/C=C\C/C=C\CCCCCC(=O)OC(COC(=O)CCCCCCCCCCCCCCC/C=C\C/C=C\C/C=C\C/C=C\CCCCC)COP(=O)(O)OCC(O)COP(=O)(O)OCC(O)COC(=O)CCCCCCCCCCCCCCCCCCC/C=C\C/C=C\C/C=C\C/C=C\CCCCC. The molecule has 4 N–H and O–H groups in total. The van der Waals surface area contributed by atoms with Gasteiger partial charge in [-0.3, -0.25) is 32.5 Å². The molecule has 5 unspecified atom stereocenters. The van der Waals surface area contributed by atoms with Gasteiger partial charge in [-0.05, 0) is 154 Å². The summed E-state index contributed by atoms with van der Waals surface area (Å²) < 4.78 is 61.4. The lowest BCUT2D eigenvalue weighted by Crippen LogP contribution is -2.30. The summed E-state index contributed by atoms with van der Waals surface area (Å²) in [6.07, 6.45) is 116. The summed E-state index contributed by atoms with van der Waals surface area (Å²) in [7, 11) is -9.82. The lowest BCUT2D eigenvalue weighted by Gasteiger charge is -2.21. The third-order valence-electron chi connectivity index (χ3n) is 19.7. The summed E-state index contributed by atoms with van der Waals surface area (Å²) in [6.45, 7) is 2.52. The van der Waals surface area contributed by atoms with Crippen LogP contribution >= 0.6 is 15.6 Å². The molecule has 0 aromatic rings. The van der Waals surface area contributed by atoms with E-state index in [1.807, 2.05) is 0 Å². The maximum atomic E-state index is 13.0. The molecule has 0 bridgehead atoms. The zero-order valence-corrected chi connectivity index (χ0v) is 75.9. The van der Waals surface area contributed by atoms with Gasteiger partial charge in [-0.1, -0.05) is 378 Å². The molecule has 0 aromatic carbocycles. The van der Waals surface area contributed by atoms with Gasteiger partial charge in [-0.2, -0.15) is 0 Å². The molecule has 0 aliphatic rings. The van der Waals surface area contributed by atoms with E-state index in [0.29, 0.717) is 19.3 Å². The topological polar surface area (TPSA) is 231 Å². The predicted octanol–water partition coefficient (Wildman–Crippen LogP) is 28.9. The van der Waals surface area contributed by atoms with Crippen molar-refractivity contribution in [2.45, 2.75) is 411 Å². The van der Waals surface area contributed by atoms with E-state index in [0.717, 1.165) is 141 Å². The number of rotatable bonds is 88. The van der Waals surface area contributed by atoms with Gasteiger partial charge in [0.25, 0.3) is 0 Å². The Morgan fingerprint density at radius 3 is 0.726 bits per heavy atom. The van der Waals surface area contributed by atoms with Gasteiger partial charge < -0.3 is 34.2 Å². The van der Waals surface area contributed by atoms with Crippen molar-refractivity contribution in [1.29, 1.82) is 0 Å². The molecule has 0 amide bonds. The second-order valence-electron chi connectivity index (χ2n) is 31.1. The Morgan fingerprint density at radius 2 is 0.453 bits per heavy atom. The molecule has 0 aromatic heterocycles. The van der Waals surface area contributed by atoms with E-state index >= 15 is 0 Å². The molecular formula is C99H170O16P2. The van der Waals surface area contributed by atoms with E-state index in [2.05, 4.69) is 179 Å².